The molecule has 1 atom stereocenters. The number of hydrogen-bond donors (Lipinski definition) is 0. The molecular weight excluding hydrogens is 264 g/mol. The molecule has 0 amide bonds. The van der Waals surface area contributed by atoms with Crippen LogP contribution in [0.1, 0.15) is 38.2 Å². The highest BCUT2D eigenvalue weighted by atomic mass is 16.5. The van der Waals surface area contributed by atoms with Gasteiger partial charge in [0.2, 0.25) is 0 Å². The number of ether oxygens (including phenoxy) is 2. The van der Waals surface area contributed by atoms with Gasteiger partial charge in [0.1, 0.15) is 0 Å². The first-order valence-corrected chi connectivity index (χ1v) is 7.78. The predicted octanol–water partition coefficient (Wildman–Crippen LogP) is 3.88. The second-order valence-electron chi connectivity index (χ2n) is 5.36. The van der Waals surface area contributed by atoms with Crippen molar-refractivity contribution < 1.29 is 14.3 Å². The van der Waals surface area contributed by atoms with Crippen molar-refractivity contribution in [2.75, 3.05) is 13.2 Å². The summed E-state index contributed by atoms with van der Waals surface area (Å²) in [7, 11) is 0. The fourth-order valence-corrected chi connectivity index (χ4v) is 2.59. The summed E-state index contributed by atoms with van der Waals surface area (Å²) < 4.78 is 11.1. The van der Waals surface area contributed by atoms with E-state index in [4.69, 9.17) is 9.47 Å². The number of hydrogen-bond acceptors (Lipinski definition) is 3. The molecule has 0 N–H and O–H groups in total. The quantitative estimate of drug-likeness (QED) is 0.681. The molecule has 2 rings (SSSR count). The third-order valence-electron chi connectivity index (χ3n) is 3.73. The van der Waals surface area contributed by atoms with E-state index < -0.39 is 0 Å². The molecule has 0 saturated carbocycles. The molecule has 21 heavy (non-hydrogen) atoms. The Kier molecular flexibility index (Phi) is 6.48. The van der Waals surface area contributed by atoms with E-state index in [1.807, 2.05) is 25.1 Å². The minimum absolute atomic E-state index is 0.148. The Morgan fingerprint density at radius 1 is 1.24 bits per heavy atom. The van der Waals surface area contributed by atoms with Gasteiger partial charge < -0.3 is 9.47 Å². The Labute approximate surface area is 127 Å². The van der Waals surface area contributed by atoms with Crippen molar-refractivity contribution in [3.8, 4) is 0 Å². The normalized spacial score (nSPS) is 18.4. The number of ketones is 1. The zero-order valence-electron chi connectivity index (χ0n) is 12.7. The lowest BCUT2D eigenvalue weighted by Crippen LogP contribution is -2.19. The zero-order valence-corrected chi connectivity index (χ0v) is 12.7. The molecule has 1 aromatic rings. The number of rotatable bonds is 8. The molecule has 1 aliphatic rings. The molecule has 0 heterocycles. The maximum absolute atomic E-state index is 12.0. The Balaban J connectivity index is 1.62. The van der Waals surface area contributed by atoms with Crippen LogP contribution in [-0.4, -0.2) is 19.0 Å². The van der Waals surface area contributed by atoms with Gasteiger partial charge in [-0.1, -0.05) is 30.3 Å². The predicted molar refractivity (Wildman–Crippen MR) is 82.8 cm³/mol. The third kappa shape index (κ3) is 5.35. The molecule has 0 aromatic heterocycles. The van der Waals surface area contributed by atoms with E-state index in [1.165, 1.54) is 5.56 Å². The molecule has 1 aromatic carbocycles. The average molecular weight is 288 g/mol. The standard InChI is InChI=1S/C18H24O3/c1-2-21-17-11-10-16(18(19)13-17)9-6-12-20-14-15-7-4-3-5-8-15/h3-5,7-8,13,16H,2,6,9-12,14H2,1H3. The van der Waals surface area contributed by atoms with Gasteiger partial charge in [-0.25, -0.2) is 0 Å². The van der Waals surface area contributed by atoms with Gasteiger partial charge in [-0.15, -0.1) is 0 Å². The molecular formula is C18H24O3. The van der Waals surface area contributed by atoms with Gasteiger partial charge in [-0.2, -0.15) is 0 Å². The Morgan fingerprint density at radius 3 is 2.76 bits per heavy atom. The molecule has 3 nitrogen and oxygen atoms in total. The van der Waals surface area contributed by atoms with Crippen LogP contribution in [0.25, 0.3) is 0 Å². The summed E-state index contributed by atoms with van der Waals surface area (Å²) in [6.07, 6.45) is 5.31. The van der Waals surface area contributed by atoms with Gasteiger partial charge in [0.15, 0.2) is 5.78 Å². The van der Waals surface area contributed by atoms with E-state index in [-0.39, 0.29) is 11.7 Å². The van der Waals surface area contributed by atoms with Crippen LogP contribution < -0.4 is 0 Å². The van der Waals surface area contributed by atoms with Crippen molar-refractivity contribution >= 4 is 5.78 Å². The average Bonchev–Trinajstić information content (AvgIpc) is 2.50. The van der Waals surface area contributed by atoms with Gasteiger partial charge >= 0.3 is 0 Å². The summed E-state index contributed by atoms with van der Waals surface area (Å²) in [6.45, 7) is 3.94. The first-order chi connectivity index (χ1) is 10.3. The fourth-order valence-electron chi connectivity index (χ4n) is 2.59. The highest BCUT2D eigenvalue weighted by Gasteiger charge is 2.22. The van der Waals surface area contributed by atoms with Crippen molar-refractivity contribution in [1.82, 2.24) is 0 Å². The van der Waals surface area contributed by atoms with E-state index in [1.54, 1.807) is 6.08 Å². The van der Waals surface area contributed by atoms with Crippen molar-refractivity contribution in [1.29, 1.82) is 0 Å². The molecule has 0 bridgehead atoms. The number of benzene rings is 1. The molecule has 1 unspecified atom stereocenters. The summed E-state index contributed by atoms with van der Waals surface area (Å²) in [5.41, 5.74) is 1.19. The lowest BCUT2D eigenvalue weighted by molar-refractivity contribution is -0.119. The van der Waals surface area contributed by atoms with E-state index in [0.717, 1.165) is 31.4 Å². The number of carbonyl (C=O) groups excluding carboxylic acids is 1. The monoisotopic (exact) mass is 288 g/mol. The minimum atomic E-state index is 0.148. The van der Waals surface area contributed by atoms with Gasteiger partial charge in [0.25, 0.3) is 0 Å². The van der Waals surface area contributed by atoms with Gasteiger partial charge in [-0.05, 0) is 31.7 Å². The van der Waals surface area contributed by atoms with Crippen molar-refractivity contribution in [3.05, 3.63) is 47.7 Å². The SMILES string of the molecule is CCOC1=CC(=O)C(CCCOCc2ccccc2)CC1. The van der Waals surface area contributed by atoms with E-state index >= 15 is 0 Å². The van der Waals surface area contributed by atoms with Gasteiger partial charge in [0, 0.05) is 25.0 Å². The van der Waals surface area contributed by atoms with E-state index in [9.17, 15) is 4.79 Å². The Morgan fingerprint density at radius 2 is 2.05 bits per heavy atom. The minimum Gasteiger partial charge on any atom is -0.498 e. The van der Waals surface area contributed by atoms with Crippen LogP contribution in [-0.2, 0) is 20.9 Å². The highest BCUT2D eigenvalue weighted by Crippen LogP contribution is 2.25. The lowest BCUT2D eigenvalue weighted by atomic mass is 9.88. The second kappa shape index (κ2) is 8.63. The first-order valence-electron chi connectivity index (χ1n) is 7.78. The van der Waals surface area contributed by atoms with Crippen LogP contribution in [0.3, 0.4) is 0 Å². The molecule has 3 heteroatoms. The van der Waals surface area contributed by atoms with Crippen molar-refractivity contribution in [2.45, 2.75) is 39.2 Å². The van der Waals surface area contributed by atoms with Crippen LogP contribution in [0.15, 0.2) is 42.2 Å². The van der Waals surface area contributed by atoms with Crippen LogP contribution in [0, 0.1) is 5.92 Å². The largest absolute Gasteiger partial charge is 0.498 e. The molecule has 0 radical (unpaired) electrons. The van der Waals surface area contributed by atoms with Gasteiger partial charge in [-0.3, -0.25) is 4.79 Å². The fraction of sp³-hybridized carbons (Fsp3) is 0.500. The summed E-state index contributed by atoms with van der Waals surface area (Å²) in [6, 6.07) is 10.2. The summed E-state index contributed by atoms with van der Waals surface area (Å²) in [4.78, 5) is 12.0. The molecule has 0 saturated heterocycles. The smallest absolute Gasteiger partial charge is 0.162 e. The molecule has 1 aliphatic carbocycles. The molecule has 0 fully saturated rings. The summed E-state index contributed by atoms with van der Waals surface area (Å²) >= 11 is 0. The second-order valence-corrected chi connectivity index (χ2v) is 5.36. The third-order valence-corrected chi connectivity index (χ3v) is 3.73. The van der Waals surface area contributed by atoms with Crippen LogP contribution in [0.2, 0.25) is 0 Å². The van der Waals surface area contributed by atoms with E-state index in [2.05, 4.69) is 12.1 Å². The number of allylic oxidation sites excluding steroid dienone is 2. The molecule has 114 valence electrons. The Bertz CT molecular complexity index is 465. The van der Waals surface area contributed by atoms with Crippen LogP contribution in [0.4, 0.5) is 0 Å². The van der Waals surface area contributed by atoms with Crippen LogP contribution >= 0.6 is 0 Å². The maximum Gasteiger partial charge on any atom is 0.162 e. The maximum atomic E-state index is 12.0. The summed E-state index contributed by atoms with van der Waals surface area (Å²) in [5, 5.41) is 0. The van der Waals surface area contributed by atoms with Crippen molar-refractivity contribution in [2.24, 2.45) is 5.92 Å². The number of carbonyl (C=O) groups is 1. The Hall–Kier alpha value is -1.61. The van der Waals surface area contributed by atoms with E-state index in [0.29, 0.717) is 19.8 Å². The summed E-state index contributed by atoms with van der Waals surface area (Å²) in [5.74, 6) is 1.21. The van der Waals surface area contributed by atoms with Crippen LogP contribution in [0.5, 0.6) is 0 Å². The lowest BCUT2D eigenvalue weighted by Gasteiger charge is -2.20. The topological polar surface area (TPSA) is 35.5 Å². The molecule has 0 spiro atoms. The first kappa shape index (κ1) is 15.8. The molecule has 0 aliphatic heterocycles. The zero-order chi connectivity index (χ0) is 14.9. The highest BCUT2D eigenvalue weighted by molar-refractivity contribution is 5.92. The van der Waals surface area contributed by atoms with Gasteiger partial charge in [0.05, 0.1) is 19.0 Å². The van der Waals surface area contributed by atoms with Crippen molar-refractivity contribution in [3.63, 3.8) is 0 Å².